The number of carbonyl (C=O) groups is 1. The van der Waals surface area contributed by atoms with Gasteiger partial charge in [-0.3, -0.25) is 0 Å². The number of aromatic nitrogens is 2. The summed E-state index contributed by atoms with van der Waals surface area (Å²) in [4.78, 5) is 17.1. The van der Waals surface area contributed by atoms with Crippen molar-refractivity contribution in [1.29, 1.82) is 0 Å². The highest BCUT2D eigenvalue weighted by Crippen LogP contribution is 2.40. The molecule has 1 saturated carbocycles. The van der Waals surface area contributed by atoms with Crippen molar-refractivity contribution in [2.45, 2.75) is 18.8 Å². The van der Waals surface area contributed by atoms with Gasteiger partial charge in [0.2, 0.25) is 0 Å². The average Bonchev–Trinajstić information content (AvgIpc) is 2.68. The molecule has 0 radical (unpaired) electrons. The minimum Gasteiger partial charge on any atom is -0.477 e. The lowest BCUT2D eigenvalue weighted by molar-refractivity contribution is 0.0690. The minimum absolute atomic E-state index is 0.257. The molecule has 4 heteroatoms. The van der Waals surface area contributed by atoms with E-state index in [0.29, 0.717) is 5.92 Å². The SMILES string of the molecule is O=C(O)c1[nH]cnc1C1CC1. The highest BCUT2D eigenvalue weighted by molar-refractivity contribution is 5.86. The second-order valence-corrected chi connectivity index (χ2v) is 2.74. The molecule has 0 unspecified atom stereocenters. The Morgan fingerprint density at radius 2 is 2.45 bits per heavy atom. The summed E-state index contributed by atoms with van der Waals surface area (Å²) in [5, 5.41) is 8.66. The van der Waals surface area contributed by atoms with Gasteiger partial charge in [-0.05, 0) is 12.8 Å². The number of nitrogens with zero attached hydrogens (tertiary/aromatic N) is 1. The van der Waals surface area contributed by atoms with Crippen LogP contribution >= 0.6 is 0 Å². The Kier molecular flexibility index (Phi) is 1.21. The fraction of sp³-hybridized carbons (Fsp3) is 0.429. The van der Waals surface area contributed by atoms with E-state index < -0.39 is 5.97 Å². The van der Waals surface area contributed by atoms with Gasteiger partial charge in [0.25, 0.3) is 0 Å². The topological polar surface area (TPSA) is 66.0 Å². The van der Waals surface area contributed by atoms with E-state index in [1.807, 2.05) is 0 Å². The molecule has 1 aliphatic rings. The molecule has 0 atom stereocenters. The van der Waals surface area contributed by atoms with Gasteiger partial charge in [0, 0.05) is 5.92 Å². The zero-order valence-corrected chi connectivity index (χ0v) is 5.87. The maximum absolute atomic E-state index is 10.5. The van der Waals surface area contributed by atoms with E-state index in [2.05, 4.69) is 9.97 Å². The summed E-state index contributed by atoms with van der Waals surface area (Å²) < 4.78 is 0. The molecule has 4 nitrogen and oxygen atoms in total. The molecule has 1 aromatic heterocycles. The molecule has 0 bridgehead atoms. The first kappa shape index (κ1) is 6.39. The fourth-order valence-corrected chi connectivity index (χ4v) is 1.14. The Hall–Kier alpha value is -1.32. The molecule has 0 amide bonds. The molecule has 0 saturated heterocycles. The predicted octanol–water partition coefficient (Wildman–Crippen LogP) is 0.985. The van der Waals surface area contributed by atoms with Gasteiger partial charge in [-0.2, -0.15) is 0 Å². The van der Waals surface area contributed by atoms with Crippen molar-refractivity contribution in [2.75, 3.05) is 0 Å². The van der Waals surface area contributed by atoms with Crippen molar-refractivity contribution in [3.05, 3.63) is 17.7 Å². The van der Waals surface area contributed by atoms with E-state index in [1.54, 1.807) is 0 Å². The second-order valence-electron chi connectivity index (χ2n) is 2.74. The fourth-order valence-electron chi connectivity index (χ4n) is 1.14. The van der Waals surface area contributed by atoms with E-state index in [4.69, 9.17) is 5.11 Å². The quantitative estimate of drug-likeness (QED) is 0.664. The zero-order chi connectivity index (χ0) is 7.84. The number of rotatable bonds is 2. The van der Waals surface area contributed by atoms with E-state index >= 15 is 0 Å². The molecule has 0 aromatic carbocycles. The molecule has 58 valence electrons. The minimum atomic E-state index is -0.913. The first-order chi connectivity index (χ1) is 5.29. The average molecular weight is 152 g/mol. The summed E-state index contributed by atoms with van der Waals surface area (Å²) >= 11 is 0. The Balaban J connectivity index is 2.37. The van der Waals surface area contributed by atoms with Crippen molar-refractivity contribution in [1.82, 2.24) is 9.97 Å². The third-order valence-electron chi connectivity index (χ3n) is 1.85. The lowest BCUT2D eigenvalue weighted by Crippen LogP contribution is -2.00. The van der Waals surface area contributed by atoms with Gasteiger partial charge in [0.1, 0.15) is 5.69 Å². The third-order valence-corrected chi connectivity index (χ3v) is 1.85. The molecule has 1 heterocycles. The summed E-state index contributed by atoms with van der Waals surface area (Å²) in [5.74, 6) is -0.517. The van der Waals surface area contributed by atoms with E-state index in [1.165, 1.54) is 6.33 Å². The van der Waals surface area contributed by atoms with Crippen LogP contribution in [-0.2, 0) is 0 Å². The van der Waals surface area contributed by atoms with Crippen molar-refractivity contribution in [3.8, 4) is 0 Å². The van der Waals surface area contributed by atoms with Gasteiger partial charge in [0.05, 0.1) is 12.0 Å². The summed E-state index contributed by atoms with van der Waals surface area (Å²) in [5.41, 5.74) is 0.977. The number of carboxylic acids is 1. The second kappa shape index (κ2) is 2.08. The van der Waals surface area contributed by atoms with Crippen LogP contribution in [-0.4, -0.2) is 21.0 Å². The lowest BCUT2D eigenvalue weighted by Gasteiger charge is -1.92. The molecule has 2 N–H and O–H groups in total. The molecule has 2 rings (SSSR count). The predicted molar refractivity (Wildman–Crippen MR) is 37.5 cm³/mol. The van der Waals surface area contributed by atoms with Crippen LogP contribution < -0.4 is 0 Å². The van der Waals surface area contributed by atoms with E-state index in [0.717, 1.165) is 18.5 Å². The van der Waals surface area contributed by atoms with Gasteiger partial charge < -0.3 is 10.1 Å². The molecule has 1 aliphatic carbocycles. The molecule has 11 heavy (non-hydrogen) atoms. The summed E-state index contributed by atoms with van der Waals surface area (Å²) in [6.45, 7) is 0. The first-order valence-corrected chi connectivity index (χ1v) is 3.55. The molecule has 0 spiro atoms. The highest BCUT2D eigenvalue weighted by atomic mass is 16.4. The number of imidazole rings is 1. The number of carboxylic acid groups (broad SMARTS) is 1. The monoisotopic (exact) mass is 152 g/mol. The summed E-state index contributed by atoms with van der Waals surface area (Å²) in [6.07, 6.45) is 3.59. The number of H-pyrrole nitrogens is 1. The van der Waals surface area contributed by atoms with Crippen LogP contribution in [0.5, 0.6) is 0 Å². The van der Waals surface area contributed by atoms with Crippen LogP contribution in [0.25, 0.3) is 0 Å². The number of aromatic carboxylic acids is 1. The van der Waals surface area contributed by atoms with Crippen molar-refractivity contribution in [2.24, 2.45) is 0 Å². The third kappa shape index (κ3) is 1.00. The van der Waals surface area contributed by atoms with Gasteiger partial charge in [0.15, 0.2) is 0 Å². The van der Waals surface area contributed by atoms with Crippen molar-refractivity contribution < 1.29 is 9.90 Å². The van der Waals surface area contributed by atoms with Crippen LogP contribution in [0.3, 0.4) is 0 Å². The molecule has 1 fully saturated rings. The zero-order valence-electron chi connectivity index (χ0n) is 5.87. The standard InChI is InChI=1S/C7H8N2O2/c10-7(11)6-5(4-1-2-4)8-3-9-6/h3-4H,1-2H2,(H,8,9)(H,10,11). The number of hydrogen-bond acceptors (Lipinski definition) is 2. The first-order valence-electron chi connectivity index (χ1n) is 3.55. The summed E-state index contributed by atoms with van der Waals surface area (Å²) in [7, 11) is 0. The van der Waals surface area contributed by atoms with Gasteiger partial charge in [-0.25, -0.2) is 9.78 Å². The Morgan fingerprint density at radius 1 is 1.73 bits per heavy atom. The number of nitrogens with one attached hydrogen (secondary N) is 1. The lowest BCUT2D eigenvalue weighted by atomic mass is 10.2. The molecular formula is C7H8N2O2. The Morgan fingerprint density at radius 3 is 3.00 bits per heavy atom. The molecular weight excluding hydrogens is 144 g/mol. The molecule has 1 aromatic rings. The summed E-state index contributed by atoms with van der Waals surface area (Å²) in [6, 6.07) is 0. The van der Waals surface area contributed by atoms with Gasteiger partial charge in [-0.15, -0.1) is 0 Å². The van der Waals surface area contributed by atoms with Crippen LogP contribution in [0.2, 0.25) is 0 Å². The maximum Gasteiger partial charge on any atom is 0.354 e. The van der Waals surface area contributed by atoms with Crippen molar-refractivity contribution in [3.63, 3.8) is 0 Å². The highest BCUT2D eigenvalue weighted by Gasteiger charge is 2.30. The Labute approximate surface area is 63.3 Å². The van der Waals surface area contributed by atoms with E-state index in [9.17, 15) is 4.79 Å². The van der Waals surface area contributed by atoms with Gasteiger partial charge >= 0.3 is 5.97 Å². The Bertz CT molecular complexity index is 288. The van der Waals surface area contributed by atoms with E-state index in [-0.39, 0.29) is 5.69 Å². The van der Waals surface area contributed by atoms with Gasteiger partial charge in [-0.1, -0.05) is 0 Å². The number of hydrogen-bond donors (Lipinski definition) is 2. The largest absolute Gasteiger partial charge is 0.477 e. The van der Waals surface area contributed by atoms with Crippen LogP contribution in [0.15, 0.2) is 6.33 Å². The van der Waals surface area contributed by atoms with Crippen molar-refractivity contribution >= 4 is 5.97 Å². The van der Waals surface area contributed by atoms with Crippen LogP contribution in [0.4, 0.5) is 0 Å². The smallest absolute Gasteiger partial charge is 0.354 e. The number of aromatic amines is 1. The van der Waals surface area contributed by atoms with Crippen LogP contribution in [0, 0.1) is 0 Å². The van der Waals surface area contributed by atoms with Crippen LogP contribution in [0.1, 0.15) is 34.9 Å². The normalized spacial score (nSPS) is 16.7. The molecule has 0 aliphatic heterocycles. The maximum atomic E-state index is 10.5.